The molecule has 0 aromatic rings. The second-order valence-corrected chi connectivity index (χ2v) is 9.14. The normalized spacial score (nSPS) is 22.2. The lowest BCUT2D eigenvalue weighted by atomic mass is 10.2. The Hall–Kier alpha value is 0.177. The Bertz CT molecular complexity index is 145. The van der Waals surface area contributed by atoms with Crippen LogP contribution < -0.4 is 0 Å². The summed E-state index contributed by atoms with van der Waals surface area (Å²) in [4.78, 5) is 0. The van der Waals surface area contributed by atoms with Crippen molar-refractivity contribution in [2.75, 3.05) is 6.61 Å². The second kappa shape index (κ2) is 4.60. The van der Waals surface area contributed by atoms with Gasteiger partial charge in [0.1, 0.15) is 0 Å². The maximum absolute atomic E-state index is 6.03. The van der Waals surface area contributed by atoms with Crippen molar-refractivity contribution in [1.82, 2.24) is 0 Å². The molecular formula is C11H24OSi. The van der Waals surface area contributed by atoms with Gasteiger partial charge in [0.15, 0.2) is 9.04 Å². The molecule has 1 atom stereocenters. The first-order valence-corrected chi connectivity index (χ1v) is 7.39. The molecule has 0 heterocycles. The van der Waals surface area contributed by atoms with Gasteiger partial charge in [0.05, 0.1) is 0 Å². The second-order valence-electron chi connectivity index (χ2n) is 5.29. The monoisotopic (exact) mass is 200 g/mol. The van der Waals surface area contributed by atoms with Gasteiger partial charge in [-0.3, -0.25) is 0 Å². The summed E-state index contributed by atoms with van der Waals surface area (Å²) in [5, 5.41) is 0.449. The van der Waals surface area contributed by atoms with Crippen LogP contribution in [0.5, 0.6) is 0 Å². The van der Waals surface area contributed by atoms with Gasteiger partial charge < -0.3 is 4.43 Å². The quantitative estimate of drug-likeness (QED) is 0.634. The van der Waals surface area contributed by atoms with Crippen LogP contribution in [0.4, 0.5) is 0 Å². The van der Waals surface area contributed by atoms with Gasteiger partial charge in [0.2, 0.25) is 0 Å². The van der Waals surface area contributed by atoms with Crippen LogP contribution in [0.2, 0.25) is 10.6 Å². The lowest BCUT2D eigenvalue weighted by Crippen LogP contribution is -2.33. The minimum absolute atomic E-state index is 0.449. The molecule has 13 heavy (non-hydrogen) atoms. The van der Waals surface area contributed by atoms with Gasteiger partial charge in [0, 0.05) is 6.61 Å². The molecular weight excluding hydrogens is 176 g/mol. The first-order chi connectivity index (χ1) is 6.05. The van der Waals surface area contributed by atoms with Crippen LogP contribution >= 0.6 is 0 Å². The fourth-order valence-corrected chi connectivity index (χ4v) is 6.16. The highest BCUT2D eigenvalue weighted by atomic mass is 28.3. The third kappa shape index (κ3) is 3.10. The SMILES string of the molecule is CCO[SiH](C1CCCC1)C(C)(C)C. The molecule has 0 radical (unpaired) electrons. The van der Waals surface area contributed by atoms with Gasteiger partial charge in [-0.25, -0.2) is 0 Å². The Labute approximate surface area is 84.6 Å². The van der Waals surface area contributed by atoms with Crippen LogP contribution in [0.3, 0.4) is 0 Å². The molecule has 0 aromatic carbocycles. The highest BCUT2D eigenvalue weighted by Crippen LogP contribution is 2.42. The van der Waals surface area contributed by atoms with Crippen molar-refractivity contribution in [2.45, 2.75) is 64.0 Å². The van der Waals surface area contributed by atoms with Gasteiger partial charge >= 0.3 is 0 Å². The van der Waals surface area contributed by atoms with Crippen LogP contribution in [-0.4, -0.2) is 15.6 Å². The van der Waals surface area contributed by atoms with Crippen molar-refractivity contribution in [3.05, 3.63) is 0 Å². The number of hydrogen-bond donors (Lipinski definition) is 0. The van der Waals surface area contributed by atoms with E-state index in [4.69, 9.17) is 4.43 Å². The van der Waals surface area contributed by atoms with Crippen LogP contribution in [0.1, 0.15) is 53.4 Å². The Balaban J connectivity index is 2.55. The van der Waals surface area contributed by atoms with E-state index in [-0.39, 0.29) is 0 Å². The lowest BCUT2D eigenvalue weighted by molar-refractivity contribution is 0.312. The molecule has 1 unspecified atom stereocenters. The van der Waals surface area contributed by atoms with Crippen molar-refractivity contribution in [2.24, 2.45) is 0 Å². The van der Waals surface area contributed by atoms with Crippen molar-refractivity contribution >= 4 is 9.04 Å². The first kappa shape index (κ1) is 11.3. The molecule has 0 saturated heterocycles. The summed E-state index contributed by atoms with van der Waals surface area (Å²) in [7, 11) is -0.975. The predicted molar refractivity (Wildman–Crippen MR) is 60.7 cm³/mol. The topological polar surface area (TPSA) is 9.23 Å². The largest absolute Gasteiger partial charge is 0.420 e. The van der Waals surface area contributed by atoms with E-state index < -0.39 is 9.04 Å². The van der Waals surface area contributed by atoms with Crippen molar-refractivity contribution < 1.29 is 4.43 Å². The van der Waals surface area contributed by atoms with Gasteiger partial charge in [0.25, 0.3) is 0 Å². The van der Waals surface area contributed by atoms with E-state index in [2.05, 4.69) is 27.7 Å². The zero-order chi connectivity index (χ0) is 9.90. The maximum Gasteiger partial charge on any atom is 0.185 e. The average molecular weight is 200 g/mol. The minimum atomic E-state index is -0.975. The Kier molecular flexibility index (Phi) is 3.99. The maximum atomic E-state index is 6.03. The number of hydrogen-bond acceptors (Lipinski definition) is 1. The molecule has 0 aliphatic heterocycles. The van der Waals surface area contributed by atoms with Crippen LogP contribution in [0, 0.1) is 0 Å². The molecule has 1 saturated carbocycles. The van der Waals surface area contributed by atoms with Gasteiger partial charge in [-0.1, -0.05) is 46.5 Å². The van der Waals surface area contributed by atoms with E-state index in [9.17, 15) is 0 Å². The summed E-state index contributed by atoms with van der Waals surface area (Å²) in [6.07, 6.45) is 5.76. The molecule has 0 N–H and O–H groups in total. The van der Waals surface area contributed by atoms with Crippen LogP contribution in [0.25, 0.3) is 0 Å². The van der Waals surface area contributed by atoms with E-state index >= 15 is 0 Å². The fraction of sp³-hybridized carbons (Fsp3) is 1.00. The molecule has 0 spiro atoms. The summed E-state index contributed by atoms with van der Waals surface area (Å²) >= 11 is 0. The van der Waals surface area contributed by atoms with Crippen molar-refractivity contribution in [3.8, 4) is 0 Å². The summed E-state index contributed by atoms with van der Waals surface area (Å²) < 4.78 is 6.03. The van der Waals surface area contributed by atoms with Gasteiger partial charge in [-0.2, -0.15) is 0 Å². The van der Waals surface area contributed by atoms with Crippen molar-refractivity contribution in [1.29, 1.82) is 0 Å². The molecule has 0 aromatic heterocycles. The summed E-state index contributed by atoms with van der Waals surface area (Å²) in [5.41, 5.74) is 0.958. The van der Waals surface area contributed by atoms with Crippen molar-refractivity contribution in [3.63, 3.8) is 0 Å². The third-order valence-electron chi connectivity index (χ3n) is 3.03. The van der Waals surface area contributed by atoms with E-state index in [1.165, 1.54) is 25.7 Å². The molecule has 1 aliphatic rings. The molecule has 1 rings (SSSR count). The fourth-order valence-electron chi connectivity index (χ4n) is 2.53. The predicted octanol–water partition coefficient (Wildman–Crippen LogP) is 3.49. The molecule has 78 valence electrons. The number of rotatable bonds is 3. The van der Waals surface area contributed by atoms with E-state index in [0.29, 0.717) is 5.04 Å². The zero-order valence-corrected chi connectivity index (χ0v) is 10.8. The Morgan fingerprint density at radius 2 is 1.77 bits per heavy atom. The molecule has 0 amide bonds. The summed E-state index contributed by atoms with van der Waals surface area (Å²) in [6, 6.07) is 0. The molecule has 1 nitrogen and oxygen atoms in total. The molecule has 1 aliphatic carbocycles. The smallest absolute Gasteiger partial charge is 0.185 e. The average Bonchev–Trinajstić information content (AvgIpc) is 2.49. The van der Waals surface area contributed by atoms with Gasteiger partial charge in [-0.05, 0) is 17.5 Å². The van der Waals surface area contributed by atoms with E-state index in [0.717, 1.165) is 12.1 Å². The third-order valence-corrected chi connectivity index (χ3v) is 6.95. The first-order valence-electron chi connectivity index (χ1n) is 5.67. The highest BCUT2D eigenvalue weighted by molar-refractivity contribution is 6.57. The lowest BCUT2D eigenvalue weighted by Gasteiger charge is -2.33. The summed E-state index contributed by atoms with van der Waals surface area (Å²) in [5.74, 6) is 0. The van der Waals surface area contributed by atoms with Gasteiger partial charge in [-0.15, -0.1) is 0 Å². The molecule has 2 heteroatoms. The standard InChI is InChI=1S/C11H24OSi/c1-5-12-13(11(2,3)4)10-8-6-7-9-10/h10,13H,5-9H2,1-4H3. The Morgan fingerprint density at radius 3 is 2.15 bits per heavy atom. The highest BCUT2D eigenvalue weighted by Gasteiger charge is 2.36. The summed E-state index contributed by atoms with van der Waals surface area (Å²) in [6.45, 7) is 10.1. The Morgan fingerprint density at radius 1 is 1.23 bits per heavy atom. The molecule has 0 bridgehead atoms. The minimum Gasteiger partial charge on any atom is -0.420 e. The zero-order valence-electron chi connectivity index (χ0n) is 9.60. The molecule has 1 fully saturated rings. The van der Waals surface area contributed by atoms with Crippen LogP contribution in [0.15, 0.2) is 0 Å². The van der Waals surface area contributed by atoms with E-state index in [1.807, 2.05) is 0 Å². The van der Waals surface area contributed by atoms with Crippen LogP contribution in [-0.2, 0) is 4.43 Å². The van der Waals surface area contributed by atoms with E-state index in [1.54, 1.807) is 0 Å².